The molecule has 5 heteroatoms. The minimum atomic E-state index is 0.467. The van der Waals surface area contributed by atoms with Crippen molar-refractivity contribution in [3.63, 3.8) is 0 Å². The number of hydrogen-bond acceptors (Lipinski definition) is 5. The van der Waals surface area contributed by atoms with Gasteiger partial charge in [0.05, 0.1) is 4.90 Å². The summed E-state index contributed by atoms with van der Waals surface area (Å²) in [6.45, 7) is 3.42. The van der Waals surface area contributed by atoms with Crippen molar-refractivity contribution >= 4 is 34.1 Å². The fraction of sp³-hybridized carbons (Fsp3) is 0.727. The van der Waals surface area contributed by atoms with E-state index in [0.29, 0.717) is 11.2 Å². The van der Waals surface area contributed by atoms with E-state index in [4.69, 9.17) is 5.73 Å². The molecule has 0 aliphatic heterocycles. The molecule has 90 valence electrons. The van der Waals surface area contributed by atoms with Crippen molar-refractivity contribution in [2.24, 2.45) is 5.41 Å². The lowest BCUT2D eigenvalue weighted by Crippen LogP contribution is -2.22. The van der Waals surface area contributed by atoms with Gasteiger partial charge in [0.15, 0.2) is 5.82 Å². The van der Waals surface area contributed by atoms with Crippen LogP contribution < -0.4 is 11.1 Å². The smallest absolute Gasteiger partial charge is 0.153 e. The molecular weight excluding hydrogens is 238 g/mol. The average Bonchev–Trinajstić information content (AvgIpc) is 2.83. The Labute approximate surface area is 105 Å². The van der Waals surface area contributed by atoms with Gasteiger partial charge in [-0.1, -0.05) is 19.8 Å². The van der Waals surface area contributed by atoms with Crippen molar-refractivity contribution in [1.82, 2.24) is 4.37 Å². The van der Waals surface area contributed by atoms with Crippen LogP contribution in [-0.4, -0.2) is 17.2 Å². The van der Waals surface area contributed by atoms with E-state index in [9.17, 15) is 0 Å². The summed E-state index contributed by atoms with van der Waals surface area (Å²) in [6.07, 6.45) is 7.46. The minimum Gasteiger partial charge on any atom is -0.382 e. The Morgan fingerprint density at radius 3 is 2.81 bits per heavy atom. The number of hydrogen-bond donors (Lipinski definition) is 2. The summed E-state index contributed by atoms with van der Waals surface area (Å²) < 4.78 is 4.19. The van der Waals surface area contributed by atoms with Gasteiger partial charge in [-0.05, 0) is 36.0 Å². The van der Waals surface area contributed by atoms with Crippen molar-refractivity contribution in [3.05, 3.63) is 0 Å². The molecule has 1 aliphatic rings. The SMILES string of the molecule is CSc1c(N)nsc1NCC1(C)CCCC1. The summed E-state index contributed by atoms with van der Waals surface area (Å²) in [7, 11) is 0. The van der Waals surface area contributed by atoms with Gasteiger partial charge in [-0.3, -0.25) is 0 Å². The molecular formula is C11H19N3S2. The van der Waals surface area contributed by atoms with Crippen LogP contribution in [0.15, 0.2) is 4.90 Å². The fourth-order valence-electron chi connectivity index (χ4n) is 2.30. The first-order chi connectivity index (χ1) is 7.64. The molecule has 1 aromatic rings. The van der Waals surface area contributed by atoms with Gasteiger partial charge in [0.1, 0.15) is 5.00 Å². The molecule has 16 heavy (non-hydrogen) atoms. The number of rotatable bonds is 4. The zero-order valence-electron chi connectivity index (χ0n) is 9.88. The van der Waals surface area contributed by atoms with Gasteiger partial charge < -0.3 is 11.1 Å². The quantitative estimate of drug-likeness (QED) is 0.811. The predicted octanol–water partition coefficient (Wildman–Crippen LogP) is 3.44. The van der Waals surface area contributed by atoms with Crippen LogP contribution in [0.25, 0.3) is 0 Å². The fourth-order valence-corrected chi connectivity index (χ4v) is 3.84. The number of aromatic nitrogens is 1. The van der Waals surface area contributed by atoms with E-state index in [1.807, 2.05) is 6.26 Å². The second-order valence-electron chi connectivity index (χ2n) is 4.80. The Morgan fingerprint density at radius 2 is 2.19 bits per heavy atom. The molecule has 1 fully saturated rings. The highest BCUT2D eigenvalue weighted by atomic mass is 32.2. The number of nitrogen functional groups attached to an aromatic ring is 1. The van der Waals surface area contributed by atoms with Gasteiger partial charge in [0.2, 0.25) is 0 Å². The van der Waals surface area contributed by atoms with Gasteiger partial charge in [-0.2, -0.15) is 4.37 Å². The summed E-state index contributed by atoms with van der Waals surface area (Å²) in [4.78, 5) is 1.10. The van der Waals surface area contributed by atoms with Crippen LogP contribution in [0.4, 0.5) is 10.8 Å². The van der Waals surface area contributed by atoms with E-state index < -0.39 is 0 Å². The molecule has 3 N–H and O–H groups in total. The molecule has 0 atom stereocenters. The molecule has 0 aromatic carbocycles. The van der Waals surface area contributed by atoms with Gasteiger partial charge in [-0.25, -0.2) is 0 Å². The average molecular weight is 257 g/mol. The maximum absolute atomic E-state index is 5.81. The van der Waals surface area contributed by atoms with E-state index in [2.05, 4.69) is 16.6 Å². The lowest BCUT2D eigenvalue weighted by Gasteiger charge is -2.23. The maximum Gasteiger partial charge on any atom is 0.153 e. The van der Waals surface area contributed by atoms with Crippen molar-refractivity contribution in [2.45, 2.75) is 37.5 Å². The molecule has 3 nitrogen and oxygen atoms in total. The third-order valence-corrected chi connectivity index (χ3v) is 5.13. The van der Waals surface area contributed by atoms with E-state index in [0.717, 1.165) is 16.4 Å². The number of nitrogens with one attached hydrogen (secondary N) is 1. The summed E-state index contributed by atoms with van der Waals surface area (Å²) in [6, 6.07) is 0. The Kier molecular flexibility index (Phi) is 3.64. The summed E-state index contributed by atoms with van der Waals surface area (Å²) in [5.41, 5.74) is 6.27. The molecule has 0 amide bonds. The second-order valence-corrected chi connectivity index (χ2v) is 6.39. The molecule has 1 aromatic heterocycles. The first-order valence-corrected chi connectivity index (χ1v) is 7.67. The standard InChI is InChI=1S/C11H19N3S2/c1-11(5-3-4-6-11)7-13-10-8(15-2)9(12)14-16-10/h13H,3-7H2,1-2H3,(H2,12,14). The van der Waals surface area contributed by atoms with E-state index in [-0.39, 0.29) is 0 Å². The zero-order valence-corrected chi connectivity index (χ0v) is 11.5. The molecule has 0 radical (unpaired) electrons. The number of anilines is 2. The molecule has 0 spiro atoms. The van der Waals surface area contributed by atoms with E-state index in [1.54, 1.807) is 11.8 Å². The topological polar surface area (TPSA) is 50.9 Å². The molecule has 1 heterocycles. The molecule has 0 unspecified atom stereocenters. The Bertz CT molecular complexity index is 356. The number of thioether (sulfide) groups is 1. The van der Waals surface area contributed by atoms with Crippen LogP contribution in [0.5, 0.6) is 0 Å². The summed E-state index contributed by atoms with van der Waals surface area (Å²) in [5.74, 6) is 0.663. The third-order valence-electron chi connectivity index (χ3n) is 3.36. The normalized spacial score (nSPS) is 18.9. The van der Waals surface area contributed by atoms with Gasteiger partial charge in [-0.15, -0.1) is 11.8 Å². The summed E-state index contributed by atoms with van der Waals surface area (Å²) in [5, 5.41) is 4.66. The van der Waals surface area contributed by atoms with Crippen LogP contribution in [-0.2, 0) is 0 Å². The van der Waals surface area contributed by atoms with Crippen LogP contribution >= 0.6 is 23.3 Å². The van der Waals surface area contributed by atoms with Crippen molar-refractivity contribution in [3.8, 4) is 0 Å². The third kappa shape index (κ3) is 2.46. The lowest BCUT2D eigenvalue weighted by atomic mass is 9.89. The van der Waals surface area contributed by atoms with Crippen LogP contribution in [0.3, 0.4) is 0 Å². The van der Waals surface area contributed by atoms with Gasteiger partial charge >= 0.3 is 0 Å². The Hall–Kier alpha value is -0.420. The van der Waals surface area contributed by atoms with E-state index in [1.165, 1.54) is 37.2 Å². The highest BCUT2D eigenvalue weighted by molar-refractivity contribution is 7.99. The molecule has 0 saturated heterocycles. The molecule has 2 rings (SSSR count). The predicted molar refractivity (Wildman–Crippen MR) is 73.4 cm³/mol. The van der Waals surface area contributed by atoms with Gasteiger partial charge in [0, 0.05) is 6.54 Å². The monoisotopic (exact) mass is 257 g/mol. The summed E-state index contributed by atoms with van der Waals surface area (Å²) >= 11 is 3.15. The molecule has 1 aliphatic carbocycles. The highest BCUT2D eigenvalue weighted by Gasteiger charge is 2.28. The first kappa shape index (κ1) is 12.0. The van der Waals surface area contributed by atoms with Crippen LogP contribution in [0, 0.1) is 5.41 Å². The minimum absolute atomic E-state index is 0.467. The van der Waals surface area contributed by atoms with Crippen LogP contribution in [0.1, 0.15) is 32.6 Å². The first-order valence-electron chi connectivity index (χ1n) is 5.68. The van der Waals surface area contributed by atoms with E-state index >= 15 is 0 Å². The lowest BCUT2D eigenvalue weighted by molar-refractivity contribution is 0.362. The van der Waals surface area contributed by atoms with Gasteiger partial charge in [0.25, 0.3) is 0 Å². The maximum atomic E-state index is 5.81. The highest BCUT2D eigenvalue weighted by Crippen LogP contribution is 2.40. The Morgan fingerprint density at radius 1 is 1.50 bits per heavy atom. The molecule has 0 bridgehead atoms. The number of nitrogens with two attached hydrogens (primary N) is 1. The van der Waals surface area contributed by atoms with Crippen molar-refractivity contribution < 1.29 is 0 Å². The van der Waals surface area contributed by atoms with Crippen molar-refractivity contribution in [1.29, 1.82) is 0 Å². The second kappa shape index (κ2) is 4.84. The Balaban J connectivity index is 1.98. The van der Waals surface area contributed by atoms with Crippen molar-refractivity contribution in [2.75, 3.05) is 23.9 Å². The zero-order chi connectivity index (χ0) is 11.6. The van der Waals surface area contributed by atoms with Crippen LogP contribution in [0.2, 0.25) is 0 Å². The molecule has 1 saturated carbocycles. The largest absolute Gasteiger partial charge is 0.382 e. The number of nitrogens with zero attached hydrogens (tertiary/aromatic N) is 1.